The SMILES string of the molecule is CCOc1c(Br)cc(Br)cc1CNCCOCC(C)C. The average Bonchev–Trinajstić information content (AvgIpc) is 2.37. The van der Waals surface area contributed by atoms with Crippen LogP contribution in [0.4, 0.5) is 0 Å². The molecule has 0 bridgehead atoms. The fraction of sp³-hybridized carbons (Fsp3) is 0.600. The van der Waals surface area contributed by atoms with Crippen molar-refractivity contribution in [1.29, 1.82) is 0 Å². The number of hydrogen-bond acceptors (Lipinski definition) is 3. The van der Waals surface area contributed by atoms with Crippen LogP contribution < -0.4 is 10.1 Å². The number of nitrogens with one attached hydrogen (secondary N) is 1. The average molecular weight is 409 g/mol. The Kier molecular flexibility index (Phi) is 8.77. The van der Waals surface area contributed by atoms with Crippen molar-refractivity contribution in [3.63, 3.8) is 0 Å². The Balaban J connectivity index is 2.46. The van der Waals surface area contributed by atoms with Gasteiger partial charge in [0.25, 0.3) is 0 Å². The molecule has 0 heterocycles. The maximum absolute atomic E-state index is 5.69. The van der Waals surface area contributed by atoms with Crippen LogP contribution in [0.15, 0.2) is 21.1 Å². The van der Waals surface area contributed by atoms with E-state index in [0.29, 0.717) is 12.5 Å². The van der Waals surface area contributed by atoms with Gasteiger partial charge >= 0.3 is 0 Å². The molecular formula is C15H23Br2NO2. The summed E-state index contributed by atoms with van der Waals surface area (Å²) in [5.74, 6) is 1.49. The molecule has 0 aliphatic rings. The van der Waals surface area contributed by atoms with Gasteiger partial charge < -0.3 is 14.8 Å². The van der Waals surface area contributed by atoms with Gasteiger partial charge in [-0.1, -0.05) is 29.8 Å². The topological polar surface area (TPSA) is 30.5 Å². The van der Waals surface area contributed by atoms with Gasteiger partial charge in [0, 0.05) is 29.7 Å². The first-order valence-electron chi connectivity index (χ1n) is 6.93. The summed E-state index contributed by atoms with van der Waals surface area (Å²) in [6.45, 7) is 10.1. The third kappa shape index (κ3) is 6.57. The normalized spacial score (nSPS) is 11.1. The number of ether oxygens (including phenoxy) is 2. The summed E-state index contributed by atoms with van der Waals surface area (Å²) in [6, 6.07) is 4.08. The van der Waals surface area contributed by atoms with E-state index in [1.165, 1.54) is 0 Å². The summed E-state index contributed by atoms with van der Waals surface area (Å²) in [6.07, 6.45) is 0. The van der Waals surface area contributed by atoms with Gasteiger partial charge in [0.15, 0.2) is 0 Å². The van der Waals surface area contributed by atoms with Crippen molar-refractivity contribution < 1.29 is 9.47 Å². The minimum atomic E-state index is 0.584. The summed E-state index contributed by atoms with van der Waals surface area (Å²) in [5.41, 5.74) is 1.14. The largest absolute Gasteiger partial charge is 0.492 e. The monoisotopic (exact) mass is 407 g/mol. The Morgan fingerprint density at radius 1 is 1.25 bits per heavy atom. The van der Waals surface area contributed by atoms with Crippen molar-refractivity contribution in [3.05, 3.63) is 26.6 Å². The second-order valence-corrected chi connectivity index (χ2v) is 6.72. The fourth-order valence-electron chi connectivity index (χ4n) is 1.74. The highest BCUT2D eigenvalue weighted by molar-refractivity contribution is 9.11. The molecule has 20 heavy (non-hydrogen) atoms. The van der Waals surface area contributed by atoms with Crippen LogP contribution in [-0.2, 0) is 11.3 Å². The lowest BCUT2D eigenvalue weighted by atomic mass is 10.2. The van der Waals surface area contributed by atoms with Crippen LogP contribution in [-0.4, -0.2) is 26.4 Å². The molecule has 0 aromatic heterocycles. The van der Waals surface area contributed by atoms with Gasteiger partial charge in [-0.05, 0) is 40.9 Å². The first-order chi connectivity index (χ1) is 9.54. The van der Waals surface area contributed by atoms with Crippen LogP contribution >= 0.6 is 31.9 Å². The molecule has 1 rings (SSSR count). The van der Waals surface area contributed by atoms with E-state index in [2.05, 4.69) is 57.1 Å². The Morgan fingerprint density at radius 2 is 2.00 bits per heavy atom. The minimum Gasteiger partial charge on any atom is -0.492 e. The Morgan fingerprint density at radius 3 is 2.65 bits per heavy atom. The Bertz CT molecular complexity index is 411. The summed E-state index contributed by atoms with van der Waals surface area (Å²) >= 11 is 7.05. The summed E-state index contributed by atoms with van der Waals surface area (Å²) < 4.78 is 13.3. The summed E-state index contributed by atoms with van der Waals surface area (Å²) in [7, 11) is 0. The number of halogens is 2. The van der Waals surface area contributed by atoms with Crippen molar-refractivity contribution in [1.82, 2.24) is 5.32 Å². The van der Waals surface area contributed by atoms with Crippen LogP contribution in [0.1, 0.15) is 26.3 Å². The second kappa shape index (κ2) is 9.77. The van der Waals surface area contributed by atoms with Crippen LogP contribution in [0.5, 0.6) is 5.75 Å². The highest BCUT2D eigenvalue weighted by Crippen LogP contribution is 2.32. The standard InChI is InChI=1S/C15H23Br2NO2/c1-4-20-15-12(7-13(16)8-14(15)17)9-18-5-6-19-10-11(2)3/h7-8,11,18H,4-6,9-10H2,1-3H3. The lowest BCUT2D eigenvalue weighted by Crippen LogP contribution is -2.20. The minimum absolute atomic E-state index is 0.584. The highest BCUT2D eigenvalue weighted by atomic mass is 79.9. The quantitative estimate of drug-likeness (QED) is 0.615. The van der Waals surface area contributed by atoms with Gasteiger partial charge in [-0.2, -0.15) is 0 Å². The predicted molar refractivity (Wildman–Crippen MR) is 90.4 cm³/mol. The van der Waals surface area contributed by atoms with Crippen molar-refractivity contribution in [2.24, 2.45) is 5.92 Å². The van der Waals surface area contributed by atoms with Crippen molar-refractivity contribution in [2.45, 2.75) is 27.3 Å². The zero-order valence-corrected chi connectivity index (χ0v) is 15.5. The molecule has 3 nitrogen and oxygen atoms in total. The van der Waals surface area contributed by atoms with E-state index in [-0.39, 0.29) is 0 Å². The molecule has 0 saturated carbocycles. The lowest BCUT2D eigenvalue weighted by molar-refractivity contribution is 0.111. The Labute approximate surface area is 138 Å². The molecule has 0 aliphatic heterocycles. The summed E-state index contributed by atoms with van der Waals surface area (Å²) in [5, 5.41) is 3.38. The molecule has 0 saturated heterocycles. The van der Waals surface area contributed by atoms with E-state index >= 15 is 0 Å². The zero-order valence-electron chi connectivity index (χ0n) is 12.3. The highest BCUT2D eigenvalue weighted by Gasteiger charge is 2.09. The molecule has 0 aliphatic carbocycles. The van der Waals surface area contributed by atoms with Crippen molar-refractivity contribution in [3.8, 4) is 5.75 Å². The van der Waals surface area contributed by atoms with E-state index in [1.807, 2.05) is 13.0 Å². The molecule has 0 unspecified atom stereocenters. The van der Waals surface area contributed by atoms with Gasteiger partial charge in [0.1, 0.15) is 5.75 Å². The third-order valence-electron chi connectivity index (χ3n) is 2.56. The molecule has 114 valence electrons. The second-order valence-electron chi connectivity index (χ2n) is 4.95. The molecule has 0 radical (unpaired) electrons. The van der Waals surface area contributed by atoms with Gasteiger partial charge in [-0.3, -0.25) is 0 Å². The van der Waals surface area contributed by atoms with E-state index in [9.17, 15) is 0 Å². The first-order valence-corrected chi connectivity index (χ1v) is 8.52. The molecular weight excluding hydrogens is 386 g/mol. The lowest BCUT2D eigenvalue weighted by Gasteiger charge is -2.14. The Hall–Kier alpha value is -0.100. The maximum Gasteiger partial charge on any atom is 0.138 e. The molecule has 0 spiro atoms. The van der Waals surface area contributed by atoms with Gasteiger partial charge in [0.2, 0.25) is 0 Å². The van der Waals surface area contributed by atoms with E-state index in [4.69, 9.17) is 9.47 Å². The number of benzene rings is 1. The molecule has 0 atom stereocenters. The van der Waals surface area contributed by atoms with Crippen LogP contribution in [0, 0.1) is 5.92 Å². The smallest absolute Gasteiger partial charge is 0.138 e. The molecule has 0 amide bonds. The van der Waals surface area contributed by atoms with Crippen molar-refractivity contribution >= 4 is 31.9 Å². The number of rotatable bonds is 9. The van der Waals surface area contributed by atoms with Gasteiger partial charge in [0.05, 0.1) is 17.7 Å². The first kappa shape index (κ1) is 18.0. The zero-order chi connectivity index (χ0) is 15.0. The summed E-state index contributed by atoms with van der Waals surface area (Å²) in [4.78, 5) is 0. The molecule has 1 N–H and O–H groups in total. The van der Waals surface area contributed by atoms with E-state index in [1.54, 1.807) is 0 Å². The molecule has 0 fully saturated rings. The van der Waals surface area contributed by atoms with Crippen LogP contribution in [0.3, 0.4) is 0 Å². The van der Waals surface area contributed by atoms with Crippen LogP contribution in [0.25, 0.3) is 0 Å². The third-order valence-corrected chi connectivity index (χ3v) is 3.61. The van der Waals surface area contributed by atoms with E-state index in [0.717, 1.165) is 46.6 Å². The van der Waals surface area contributed by atoms with Gasteiger partial charge in [-0.15, -0.1) is 0 Å². The molecule has 1 aromatic carbocycles. The van der Waals surface area contributed by atoms with E-state index < -0.39 is 0 Å². The van der Waals surface area contributed by atoms with Gasteiger partial charge in [-0.25, -0.2) is 0 Å². The van der Waals surface area contributed by atoms with Crippen LogP contribution in [0.2, 0.25) is 0 Å². The molecule has 5 heteroatoms. The fourth-order valence-corrected chi connectivity index (χ4v) is 3.17. The molecule has 1 aromatic rings. The maximum atomic E-state index is 5.69. The predicted octanol–water partition coefficient (Wildman–Crippen LogP) is 4.37. The number of hydrogen-bond donors (Lipinski definition) is 1. The van der Waals surface area contributed by atoms with Crippen molar-refractivity contribution in [2.75, 3.05) is 26.4 Å².